The van der Waals surface area contributed by atoms with Crippen molar-refractivity contribution in [2.75, 3.05) is 4.90 Å². The van der Waals surface area contributed by atoms with Crippen LogP contribution in [0.4, 0.5) is 17.1 Å². The lowest BCUT2D eigenvalue weighted by Gasteiger charge is -2.34. The van der Waals surface area contributed by atoms with Gasteiger partial charge >= 0.3 is 0 Å². The second kappa shape index (κ2) is 13.0. The maximum absolute atomic E-state index is 7.19. The molecule has 284 valence electrons. The monoisotopic (exact) mass is 767 g/mol. The third-order valence-electron chi connectivity index (χ3n) is 13.3. The summed E-state index contributed by atoms with van der Waals surface area (Å²) in [4.78, 5) is 2.52. The summed E-state index contributed by atoms with van der Waals surface area (Å²) in [6.07, 6.45) is 0. The lowest BCUT2D eigenvalue weighted by molar-refractivity contribution is 0.660. The van der Waals surface area contributed by atoms with E-state index in [0.29, 0.717) is 0 Å². The van der Waals surface area contributed by atoms with Crippen LogP contribution in [-0.2, 0) is 10.8 Å². The molecule has 0 saturated heterocycles. The summed E-state index contributed by atoms with van der Waals surface area (Å²) in [6, 6.07) is 77.8. The van der Waals surface area contributed by atoms with Gasteiger partial charge in [0.1, 0.15) is 11.2 Å². The standard InChI is InChI=1S/C58H41NO/c1-57(2)48-29-17-15-27-44(48)45-34-32-43(36-50(45)57)59(42-25-13-6-14-26-42)56-54-46-28-16-18-30-49(46)58(40-21-9-4-10-22-40,41-23-11-5-12-24-41)51(54)37-53-55(56)47-33-31-39(35-52(47)60-53)38-19-7-3-8-20-38/h3-37H,1-2H3. The van der Waals surface area contributed by atoms with E-state index < -0.39 is 5.41 Å². The van der Waals surface area contributed by atoms with E-state index in [2.05, 4.69) is 231 Å². The summed E-state index contributed by atoms with van der Waals surface area (Å²) in [6.45, 7) is 4.73. The van der Waals surface area contributed by atoms with Gasteiger partial charge in [-0.25, -0.2) is 0 Å². The Hall–Kier alpha value is -7.42. The van der Waals surface area contributed by atoms with Gasteiger partial charge in [-0.3, -0.25) is 0 Å². The molecular weight excluding hydrogens is 727 g/mol. The summed E-state index contributed by atoms with van der Waals surface area (Å²) in [7, 11) is 0. The van der Waals surface area contributed by atoms with Gasteiger partial charge in [0.25, 0.3) is 0 Å². The molecule has 12 rings (SSSR count). The van der Waals surface area contributed by atoms with E-state index in [-0.39, 0.29) is 5.41 Å². The van der Waals surface area contributed by atoms with Crippen LogP contribution in [0.1, 0.15) is 47.2 Å². The largest absolute Gasteiger partial charge is 0.456 e. The van der Waals surface area contributed by atoms with E-state index in [1.807, 2.05) is 0 Å². The average molecular weight is 768 g/mol. The Balaban J connectivity index is 1.25. The van der Waals surface area contributed by atoms with E-state index >= 15 is 0 Å². The first kappa shape index (κ1) is 34.6. The molecule has 2 aliphatic rings. The molecule has 60 heavy (non-hydrogen) atoms. The lowest BCUT2D eigenvalue weighted by Crippen LogP contribution is -2.28. The highest BCUT2D eigenvalue weighted by atomic mass is 16.3. The summed E-state index contributed by atoms with van der Waals surface area (Å²) in [5.74, 6) is 0. The molecule has 0 unspecified atom stereocenters. The van der Waals surface area contributed by atoms with Gasteiger partial charge < -0.3 is 9.32 Å². The van der Waals surface area contributed by atoms with E-state index in [1.165, 1.54) is 55.6 Å². The normalized spacial score (nSPS) is 14.1. The quantitative estimate of drug-likeness (QED) is 0.168. The van der Waals surface area contributed by atoms with Crippen molar-refractivity contribution in [1.29, 1.82) is 0 Å². The first-order chi connectivity index (χ1) is 29.5. The Bertz CT molecular complexity index is 3230. The highest BCUT2D eigenvalue weighted by molar-refractivity contribution is 6.19. The van der Waals surface area contributed by atoms with Crippen molar-refractivity contribution in [3.8, 4) is 33.4 Å². The minimum absolute atomic E-state index is 0.170. The molecule has 0 N–H and O–H groups in total. The lowest BCUT2D eigenvalue weighted by atomic mass is 9.67. The zero-order chi connectivity index (χ0) is 40.0. The van der Waals surface area contributed by atoms with Gasteiger partial charge in [-0.05, 0) is 104 Å². The molecule has 1 aromatic heterocycles. The van der Waals surface area contributed by atoms with Gasteiger partial charge in [-0.15, -0.1) is 0 Å². The number of furan rings is 1. The molecule has 1 heterocycles. The zero-order valence-corrected chi connectivity index (χ0v) is 33.6. The van der Waals surface area contributed by atoms with Crippen LogP contribution in [0, 0.1) is 0 Å². The fourth-order valence-electron chi connectivity index (χ4n) is 10.7. The van der Waals surface area contributed by atoms with Crippen molar-refractivity contribution in [1.82, 2.24) is 0 Å². The molecule has 0 aliphatic heterocycles. The van der Waals surface area contributed by atoms with Gasteiger partial charge in [0.05, 0.1) is 16.5 Å². The molecule has 2 heteroatoms. The first-order valence-corrected chi connectivity index (χ1v) is 20.9. The van der Waals surface area contributed by atoms with Crippen molar-refractivity contribution in [2.45, 2.75) is 24.7 Å². The Kier molecular flexibility index (Phi) is 7.52. The van der Waals surface area contributed by atoms with E-state index in [1.54, 1.807) is 0 Å². The van der Waals surface area contributed by atoms with Crippen molar-refractivity contribution in [2.24, 2.45) is 0 Å². The number of benzene rings is 9. The van der Waals surface area contributed by atoms with E-state index in [0.717, 1.165) is 50.1 Å². The second-order valence-corrected chi connectivity index (χ2v) is 16.8. The van der Waals surface area contributed by atoms with Crippen LogP contribution in [0.25, 0.3) is 55.3 Å². The highest BCUT2D eigenvalue weighted by Crippen LogP contribution is 2.62. The Morgan fingerprint density at radius 1 is 0.400 bits per heavy atom. The van der Waals surface area contributed by atoms with Crippen molar-refractivity contribution < 1.29 is 4.42 Å². The molecular formula is C58H41NO. The minimum Gasteiger partial charge on any atom is -0.456 e. The number of nitrogens with zero attached hydrogens (tertiary/aromatic N) is 1. The minimum atomic E-state index is -0.616. The van der Waals surface area contributed by atoms with Gasteiger partial charge in [0.15, 0.2) is 0 Å². The molecule has 2 aliphatic carbocycles. The fraction of sp³-hybridized carbons (Fsp3) is 0.0690. The molecule has 0 spiro atoms. The summed E-state index contributed by atoms with van der Waals surface area (Å²) < 4.78 is 7.19. The number of anilines is 3. The van der Waals surface area contributed by atoms with Gasteiger partial charge in [0, 0.05) is 27.7 Å². The smallest absolute Gasteiger partial charge is 0.137 e. The molecule has 0 fully saturated rings. The SMILES string of the molecule is CC1(C)c2ccccc2-c2ccc(N(c3ccccc3)c3c4c(cc5oc6cc(-c7ccccc7)ccc6c35)C(c3ccccc3)(c3ccccc3)c3ccccc3-4)cc21. The molecule has 10 aromatic rings. The van der Waals surface area contributed by atoms with Gasteiger partial charge in [-0.2, -0.15) is 0 Å². The zero-order valence-electron chi connectivity index (χ0n) is 33.6. The number of hydrogen-bond donors (Lipinski definition) is 0. The maximum atomic E-state index is 7.19. The van der Waals surface area contributed by atoms with Crippen LogP contribution in [-0.4, -0.2) is 0 Å². The molecule has 9 aromatic carbocycles. The molecule has 0 bridgehead atoms. The molecule has 0 saturated carbocycles. The third-order valence-corrected chi connectivity index (χ3v) is 13.3. The van der Waals surface area contributed by atoms with Crippen molar-refractivity contribution in [3.05, 3.63) is 246 Å². The maximum Gasteiger partial charge on any atom is 0.137 e. The topological polar surface area (TPSA) is 16.4 Å². The predicted octanol–water partition coefficient (Wildman–Crippen LogP) is 15.4. The Morgan fingerprint density at radius 2 is 0.983 bits per heavy atom. The number of para-hydroxylation sites is 1. The van der Waals surface area contributed by atoms with E-state index in [4.69, 9.17) is 4.42 Å². The van der Waals surface area contributed by atoms with Crippen LogP contribution in [0.15, 0.2) is 217 Å². The third kappa shape index (κ3) is 4.82. The predicted molar refractivity (Wildman–Crippen MR) is 249 cm³/mol. The Labute approximate surface area is 350 Å². The number of fused-ring (bicyclic) bond motifs is 9. The average Bonchev–Trinajstić information content (AvgIpc) is 3.90. The van der Waals surface area contributed by atoms with Crippen molar-refractivity contribution in [3.63, 3.8) is 0 Å². The van der Waals surface area contributed by atoms with Gasteiger partial charge in [-0.1, -0.05) is 184 Å². The van der Waals surface area contributed by atoms with Gasteiger partial charge in [0.2, 0.25) is 0 Å². The first-order valence-electron chi connectivity index (χ1n) is 20.9. The molecule has 0 amide bonds. The summed E-state index contributed by atoms with van der Waals surface area (Å²) in [5.41, 5.74) is 19.2. The van der Waals surface area contributed by atoms with Crippen molar-refractivity contribution >= 4 is 39.0 Å². The van der Waals surface area contributed by atoms with Crippen LogP contribution in [0.5, 0.6) is 0 Å². The molecule has 0 atom stereocenters. The highest BCUT2D eigenvalue weighted by Gasteiger charge is 2.48. The molecule has 0 radical (unpaired) electrons. The van der Waals surface area contributed by atoms with Crippen LogP contribution < -0.4 is 4.90 Å². The summed E-state index contributed by atoms with van der Waals surface area (Å²) in [5, 5.41) is 2.19. The number of rotatable bonds is 6. The van der Waals surface area contributed by atoms with Crippen LogP contribution >= 0.6 is 0 Å². The van der Waals surface area contributed by atoms with Crippen LogP contribution in [0.3, 0.4) is 0 Å². The number of hydrogen-bond acceptors (Lipinski definition) is 2. The summed E-state index contributed by atoms with van der Waals surface area (Å²) >= 11 is 0. The Morgan fingerprint density at radius 3 is 1.68 bits per heavy atom. The fourth-order valence-corrected chi connectivity index (χ4v) is 10.7. The molecule has 2 nitrogen and oxygen atoms in total. The van der Waals surface area contributed by atoms with Crippen LogP contribution in [0.2, 0.25) is 0 Å². The van der Waals surface area contributed by atoms with E-state index in [9.17, 15) is 0 Å². The second-order valence-electron chi connectivity index (χ2n) is 16.8.